The average molecular weight is 468 g/mol. The molecule has 2 aromatic carbocycles. The SMILES string of the molecule is CBc1ccc(COc2ccc(C(CN3CCNCC3)C3(O)CCCCC3)cc2OC)c(F)c1. The Balaban J connectivity index is 1.55. The molecule has 1 unspecified atom stereocenters. The van der Waals surface area contributed by atoms with E-state index in [1.54, 1.807) is 19.2 Å². The second kappa shape index (κ2) is 11.6. The molecule has 1 heterocycles. The molecule has 0 spiro atoms. The molecule has 0 amide bonds. The Morgan fingerprint density at radius 1 is 1.09 bits per heavy atom. The number of hydrogen-bond donors (Lipinski definition) is 2. The predicted molar refractivity (Wildman–Crippen MR) is 136 cm³/mol. The molecule has 2 fully saturated rings. The highest BCUT2D eigenvalue weighted by Crippen LogP contribution is 2.42. The van der Waals surface area contributed by atoms with Crippen LogP contribution in [0.15, 0.2) is 36.4 Å². The highest BCUT2D eigenvalue weighted by molar-refractivity contribution is 6.51. The molecular weight excluding hydrogens is 430 g/mol. The number of methoxy groups -OCH3 is 1. The number of halogens is 1. The van der Waals surface area contributed by atoms with Crippen LogP contribution in [0.1, 0.15) is 49.1 Å². The van der Waals surface area contributed by atoms with Crippen molar-refractivity contribution in [3.05, 3.63) is 53.3 Å². The summed E-state index contributed by atoms with van der Waals surface area (Å²) in [6.07, 6.45) is 4.98. The van der Waals surface area contributed by atoms with Crippen molar-refractivity contribution in [1.29, 1.82) is 0 Å². The standard InChI is InChI=1S/C27H38BFN2O3/c1-28-22-8-6-21(24(29)17-22)19-34-25-9-7-20(16-26(25)33-2)23(18-31-14-12-30-13-15-31)27(32)10-4-3-5-11-27/h6-9,16-17,23,28,30,32H,3-5,10-15,18-19H2,1-2H3. The highest BCUT2D eigenvalue weighted by atomic mass is 19.1. The zero-order chi connectivity index (χ0) is 24.0. The van der Waals surface area contributed by atoms with Crippen molar-refractivity contribution in [2.75, 3.05) is 39.8 Å². The summed E-state index contributed by atoms with van der Waals surface area (Å²) in [5.41, 5.74) is 1.86. The lowest BCUT2D eigenvalue weighted by molar-refractivity contribution is -0.0317. The summed E-state index contributed by atoms with van der Waals surface area (Å²) < 4.78 is 26.1. The summed E-state index contributed by atoms with van der Waals surface area (Å²) >= 11 is 0. The molecule has 2 N–H and O–H groups in total. The summed E-state index contributed by atoms with van der Waals surface area (Å²) in [5, 5.41) is 15.1. The first kappa shape index (κ1) is 25.0. The van der Waals surface area contributed by atoms with E-state index < -0.39 is 5.60 Å². The van der Waals surface area contributed by atoms with E-state index in [9.17, 15) is 9.50 Å². The van der Waals surface area contributed by atoms with Gasteiger partial charge in [0.05, 0.1) is 12.7 Å². The largest absolute Gasteiger partial charge is 0.493 e. The summed E-state index contributed by atoms with van der Waals surface area (Å²) in [6, 6.07) is 11.3. The van der Waals surface area contributed by atoms with Crippen molar-refractivity contribution < 1.29 is 19.0 Å². The van der Waals surface area contributed by atoms with Gasteiger partial charge in [0.1, 0.15) is 12.4 Å². The van der Waals surface area contributed by atoms with Crippen molar-refractivity contribution in [2.45, 2.75) is 57.1 Å². The lowest BCUT2D eigenvalue weighted by Gasteiger charge is -2.42. The Bertz CT molecular complexity index is 945. The van der Waals surface area contributed by atoms with E-state index in [0.717, 1.165) is 76.7 Å². The van der Waals surface area contributed by atoms with Gasteiger partial charge < -0.3 is 24.8 Å². The van der Waals surface area contributed by atoms with Crippen molar-refractivity contribution in [3.63, 3.8) is 0 Å². The fraction of sp³-hybridized carbons (Fsp3) is 0.556. The van der Waals surface area contributed by atoms with Crippen LogP contribution in [0.25, 0.3) is 0 Å². The van der Waals surface area contributed by atoms with Gasteiger partial charge in [0.15, 0.2) is 18.8 Å². The average Bonchev–Trinajstić information content (AvgIpc) is 2.87. The van der Waals surface area contributed by atoms with Crippen molar-refractivity contribution >= 4 is 12.7 Å². The zero-order valence-corrected chi connectivity index (χ0v) is 20.6. The van der Waals surface area contributed by atoms with Crippen LogP contribution >= 0.6 is 0 Å². The van der Waals surface area contributed by atoms with Gasteiger partial charge in [0.2, 0.25) is 0 Å². The van der Waals surface area contributed by atoms with E-state index in [4.69, 9.17) is 9.47 Å². The predicted octanol–water partition coefficient (Wildman–Crippen LogP) is 3.21. The van der Waals surface area contributed by atoms with Gasteiger partial charge in [-0.1, -0.05) is 49.7 Å². The van der Waals surface area contributed by atoms with Gasteiger partial charge in [-0.3, -0.25) is 0 Å². The molecule has 184 valence electrons. The van der Waals surface area contributed by atoms with E-state index in [1.165, 1.54) is 6.42 Å². The van der Waals surface area contributed by atoms with Gasteiger partial charge in [0, 0.05) is 44.2 Å². The van der Waals surface area contributed by atoms with Crippen LogP contribution in [-0.4, -0.2) is 62.7 Å². The lowest BCUT2D eigenvalue weighted by Crippen LogP contribution is -2.49. The molecule has 2 aliphatic rings. The summed E-state index contributed by atoms with van der Waals surface area (Å²) in [7, 11) is 2.43. The number of piperazine rings is 1. The van der Waals surface area contributed by atoms with Gasteiger partial charge in [-0.25, -0.2) is 4.39 Å². The molecule has 1 saturated heterocycles. The van der Waals surface area contributed by atoms with E-state index in [0.29, 0.717) is 17.1 Å². The first-order chi connectivity index (χ1) is 16.5. The molecular formula is C27H38BFN2O3. The molecule has 2 aromatic rings. The Hall–Kier alpha value is -2.09. The Morgan fingerprint density at radius 2 is 1.85 bits per heavy atom. The van der Waals surface area contributed by atoms with Crippen LogP contribution in [0.3, 0.4) is 0 Å². The van der Waals surface area contributed by atoms with Crippen LogP contribution in [0.2, 0.25) is 6.82 Å². The molecule has 1 aliphatic carbocycles. The number of nitrogens with one attached hydrogen (secondary N) is 1. The third-order valence-electron chi connectivity index (χ3n) is 7.52. The minimum Gasteiger partial charge on any atom is -0.493 e. The highest BCUT2D eigenvalue weighted by Gasteiger charge is 2.40. The number of hydrogen-bond acceptors (Lipinski definition) is 5. The Labute approximate surface area is 203 Å². The van der Waals surface area contributed by atoms with Crippen molar-refractivity contribution in [1.82, 2.24) is 10.2 Å². The molecule has 0 aromatic heterocycles. The van der Waals surface area contributed by atoms with E-state index in [2.05, 4.69) is 10.2 Å². The number of ether oxygens (including phenoxy) is 2. The molecule has 0 radical (unpaired) electrons. The van der Waals surface area contributed by atoms with E-state index in [-0.39, 0.29) is 18.3 Å². The molecule has 7 heteroatoms. The lowest BCUT2D eigenvalue weighted by atomic mass is 9.72. The number of aliphatic hydroxyl groups is 1. The minimum atomic E-state index is -0.708. The number of rotatable bonds is 9. The maximum atomic E-state index is 14.4. The number of nitrogens with zero attached hydrogens (tertiary/aromatic N) is 1. The van der Waals surface area contributed by atoms with Crippen LogP contribution in [0.5, 0.6) is 11.5 Å². The number of benzene rings is 2. The molecule has 4 rings (SSSR count). The van der Waals surface area contributed by atoms with Gasteiger partial charge in [-0.15, -0.1) is 0 Å². The zero-order valence-electron chi connectivity index (χ0n) is 20.6. The minimum absolute atomic E-state index is 0.00730. The molecule has 1 saturated carbocycles. The molecule has 5 nitrogen and oxygen atoms in total. The summed E-state index contributed by atoms with van der Waals surface area (Å²) in [6.45, 7) is 6.93. The third kappa shape index (κ3) is 5.94. The smallest absolute Gasteiger partial charge is 0.161 e. The van der Waals surface area contributed by atoms with Crippen molar-refractivity contribution in [2.24, 2.45) is 0 Å². The van der Waals surface area contributed by atoms with E-state index >= 15 is 0 Å². The van der Waals surface area contributed by atoms with Crippen LogP contribution in [0, 0.1) is 5.82 Å². The van der Waals surface area contributed by atoms with Crippen LogP contribution in [0.4, 0.5) is 4.39 Å². The van der Waals surface area contributed by atoms with Crippen molar-refractivity contribution in [3.8, 4) is 11.5 Å². The first-order valence-corrected chi connectivity index (χ1v) is 12.8. The quantitative estimate of drug-likeness (QED) is 0.554. The monoisotopic (exact) mass is 468 g/mol. The Morgan fingerprint density at radius 3 is 2.53 bits per heavy atom. The normalized spacial score (nSPS) is 19.4. The Kier molecular flexibility index (Phi) is 8.51. The van der Waals surface area contributed by atoms with Crippen LogP contribution < -0.4 is 20.3 Å². The summed E-state index contributed by atoms with van der Waals surface area (Å²) in [5.74, 6) is 0.966. The van der Waals surface area contributed by atoms with Crippen LogP contribution in [-0.2, 0) is 6.61 Å². The second-order valence-electron chi connectivity index (χ2n) is 9.75. The fourth-order valence-corrected chi connectivity index (χ4v) is 5.35. The third-order valence-corrected chi connectivity index (χ3v) is 7.52. The topological polar surface area (TPSA) is 54.0 Å². The van der Waals surface area contributed by atoms with Gasteiger partial charge in [-0.05, 0) is 36.6 Å². The van der Waals surface area contributed by atoms with Gasteiger partial charge >= 0.3 is 0 Å². The van der Waals surface area contributed by atoms with Gasteiger partial charge in [0.25, 0.3) is 0 Å². The first-order valence-electron chi connectivity index (χ1n) is 12.8. The molecule has 1 atom stereocenters. The second-order valence-corrected chi connectivity index (χ2v) is 9.75. The molecule has 1 aliphatic heterocycles. The van der Waals surface area contributed by atoms with Gasteiger partial charge in [-0.2, -0.15) is 0 Å². The molecule has 0 bridgehead atoms. The molecule has 34 heavy (non-hydrogen) atoms. The van der Waals surface area contributed by atoms with E-state index in [1.807, 2.05) is 31.1 Å². The summed E-state index contributed by atoms with van der Waals surface area (Å²) in [4.78, 5) is 2.45. The maximum absolute atomic E-state index is 14.4. The fourth-order valence-electron chi connectivity index (χ4n) is 5.35. The maximum Gasteiger partial charge on any atom is 0.161 e.